The van der Waals surface area contributed by atoms with Gasteiger partial charge in [-0.2, -0.15) is 0 Å². The molecule has 6 N–H and O–H groups in total. The summed E-state index contributed by atoms with van der Waals surface area (Å²) in [5.41, 5.74) is 0. The maximum Gasteiger partial charge on any atom is 0.472 e. The van der Waals surface area contributed by atoms with Crippen LogP contribution >= 0.6 is 7.82 Å². The molecule has 0 aliphatic heterocycles. The Morgan fingerprint density at radius 3 is 1.33 bits per heavy atom. The lowest BCUT2D eigenvalue weighted by atomic mass is 9.85. The minimum Gasteiger partial charge on any atom is -0.462 e. The van der Waals surface area contributed by atoms with Gasteiger partial charge in [-0.05, 0) is 51.4 Å². The summed E-state index contributed by atoms with van der Waals surface area (Å²) in [6, 6.07) is 0. The Balaban J connectivity index is 2.43. The predicted molar refractivity (Wildman–Crippen MR) is 249 cm³/mol. The van der Waals surface area contributed by atoms with Crippen LogP contribution in [0.5, 0.6) is 0 Å². The summed E-state index contributed by atoms with van der Waals surface area (Å²) in [6.07, 6.45) is 32.0. The van der Waals surface area contributed by atoms with Crippen LogP contribution in [0.3, 0.4) is 0 Å². The van der Waals surface area contributed by atoms with Crippen LogP contribution in [-0.4, -0.2) is 98.3 Å². The van der Waals surface area contributed by atoms with Crippen molar-refractivity contribution in [1.82, 2.24) is 0 Å². The summed E-state index contributed by atoms with van der Waals surface area (Å²) in [7, 11) is -5.13. The lowest BCUT2D eigenvalue weighted by molar-refractivity contribution is -0.220. The third-order valence-corrected chi connectivity index (χ3v) is 12.5. The van der Waals surface area contributed by atoms with Gasteiger partial charge in [-0.1, -0.05) is 179 Å². The van der Waals surface area contributed by atoms with E-state index in [4.69, 9.17) is 18.5 Å². The van der Waals surface area contributed by atoms with Crippen LogP contribution in [0.25, 0.3) is 0 Å². The fraction of sp³-hybridized carbons (Fsp3) is 0.837. The molecule has 1 fully saturated rings. The maximum absolute atomic E-state index is 12.8. The second-order valence-electron chi connectivity index (χ2n) is 17.3. The smallest absolute Gasteiger partial charge is 0.462 e. The van der Waals surface area contributed by atoms with E-state index in [1.54, 1.807) is 0 Å². The molecule has 368 valence electrons. The number of carbonyl (C=O) groups excluding carboxylic acids is 2. The van der Waals surface area contributed by atoms with E-state index >= 15 is 0 Å². The van der Waals surface area contributed by atoms with Crippen LogP contribution in [0.1, 0.15) is 206 Å². The fourth-order valence-corrected chi connectivity index (χ4v) is 8.44. The van der Waals surface area contributed by atoms with Gasteiger partial charge in [-0.15, -0.1) is 0 Å². The molecule has 13 nitrogen and oxygen atoms in total. The number of phosphoric ester groups is 1. The number of esters is 2. The van der Waals surface area contributed by atoms with Gasteiger partial charge < -0.3 is 39.9 Å². The molecule has 1 saturated carbocycles. The highest BCUT2D eigenvalue weighted by molar-refractivity contribution is 7.47. The number of rotatable bonds is 41. The highest BCUT2D eigenvalue weighted by Gasteiger charge is 2.51. The third-order valence-electron chi connectivity index (χ3n) is 11.5. The molecule has 6 unspecified atom stereocenters. The first-order valence-corrected chi connectivity index (χ1v) is 26.3. The second-order valence-corrected chi connectivity index (χ2v) is 18.7. The summed E-state index contributed by atoms with van der Waals surface area (Å²) in [6.45, 7) is 3.26. The van der Waals surface area contributed by atoms with E-state index in [1.807, 2.05) is 0 Å². The number of allylic oxidation sites excluding steroid dienone is 6. The number of phosphoric acid groups is 1. The highest BCUT2D eigenvalue weighted by Crippen LogP contribution is 2.47. The summed E-state index contributed by atoms with van der Waals surface area (Å²) < 4.78 is 33.6. The van der Waals surface area contributed by atoms with Gasteiger partial charge in [0.05, 0.1) is 6.61 Å². The minimum absolute atomic E-state index is 0.0919. The lowest BCUT2D eigenvalue weighted by Crippen LogP contribution is -2.64. The Labute approximate surface area is 380 Å². The number of carbonyl (C=O) groups is 2. The van der Waals surface area contributed by atoms with E-state index in [-0.39, 0.29) is 12.8 Å². The first kappa shape index (κ1) is 59.1. The van der Waals surface area contributed by atoms with Crippen molar-refractivity contribution in [2.45, 2.75) is 249 Å². The molecule has 1 aliphatic rings. The molecule has 8 atom stereocenters. The number of hydrogen-bond donors (Lipinski definition) is 6. The van der Waals surface area contributed by atoms with E-state index in [9.17, 15) is 44.6 Å². The van der Waals surface area contributed by atoms with Crippen LogP contribution in [0.4, 0.5) is 0 Å². The highest BCUT2D eigenvalue weighted by atomic mass is 31.2. The molecule has 0 saturated heterocycles. The Bertz CT molecular complexity index is 1240. The molecule has 0 aromatic heterocycles. The summed E-state index contributed by atoms with van der Waals surface area (Å²) in [4.78, 5) is 35.7. The molecular formula is C49H89O13P. The average molecular weight is 917 g/mol. The minimum atomic E-state index is -5.13. The molecule has 0 amide bonds. The van der Waals surface area contributed by atoms with E-state index in [0.717, 1.165) is 57.8 Å². The number of aliphatic hydroxyl groups is 5. The fourth-order valence-electron chi connectivity index (χ4n) is 7.47. The standard InChI is InChI=1S/C49H89O13P/c1-3-5-7-9-11-13-15-17-19-20-21-22-24-26-28-30-32-34-36-38-43(51)61-41(40-60-63(57,58)62-49-47(55)45(53)44(52)46(54)48(49)56)39-59-42(50)37-35-33-31-29-27-25-23-18-16-14-12-10-8-6-4-2/h12,14,18,23,27,29,41,44-49,52-56H,3-11,13,15-17,19-22,24-26,28,30-40H2,1-2H3,(H,57,58)/b14-12-,23-18-,29-27-/t41-,44?,45-,46?,47?,48?,49?/m1/s1. The van der Waals surface area contributed by atoms with Gasteiger partial charge in [-0.3, -0.25) is 18.6 Å². The van der Waals surface area contributed by atoms with E-state index in [2.05, 4.69) is 50.3 Å². The SMILES string of the molecule is CCCCC/C=C\C/C=C\C/C=C\CCCCC(=O)OC[C@H](COP(=O)(O)OC1C(O)C(O)C(O)[C@@H](O)C1O)OC(=O)CCCCCCCCCCCCCCCCCCCCC. The molecule has 0 aromatic rings. The van der Waals surface area contributed by atoms with Crippen LogP contribution < -0.4 is 0 Å². The molecule has 0 bridgehead atoms. The third kappa shape index (κ3) is 31.6. The van der Waals surface area contributed by atoms with E-state index < -0.39 is 75.7 Å². The van der Waals surface area contributed by atoms with Crippen molar-refractivity contribution in [2.24, 2.45) is 0 Å². The molecule has 0 spiro atoms. The molecule has 0 aromatic carbocycles. The van der Waals surface area contributed by atoms with E-state index in [0.29, 0.717) is 12.8 Å². The first-order chi connectivity index (χ1) is 30.4. The molecule has 1 rings (SSSR count). The molecule has 14 heteroatoms. The van der Waals surface area contributed by atoms with Crippen molar-refractivity contribution in [1.29, 1.82) is 0 Å². The van der Waals surface area contributed by atoms with Crippen molar-refractivity contribution in [3.8, 4) is 0 Å². The van der Waals surface area contributed by atoms with Crippen molar-refractivity contribution < 1.29 is 63.1 Å². The number of unbranched alkanes of at least 4 members (excludes halogenated alkanes) is 23. The van der Waals surface area contributed by atoms with Gasteiger partial charge in [0.25, 0.3) is 0 Å². The average Bonchev–Trinajstić information content (AvgIpc) is 3.26. The Kier molecular flexibility index (Phi) is 36.8. The number of ether oxygens (including phenoxy) is 2. The second kappa shape index (κ2) is 39.3. The van der Waals surface area contributed by atoms with Crippen molar-refractivity contribution in [2.75, 3.05) is 13.2 Å². The maximum atomic E-state index is 12.8. The normalized spacial score (nSPS) is 22.0. The lowest BCUT2D eigenvalue weighted by Gasteiger charge is -2.41. The quantitative estimate of drug-likeness (QED) is 0.0146. The van der Waals surface area contributed by atoms with Gasteiger partial charge in [0.15, 0.2) is 6.10 Å². The summed E-state index contributed by atoms with van der Waals surface area (Å²) in [5, 5.41) is 50.2. The van der Waals surface area contributed by atoms with Crippen LogP contribution in [0.2, 0.25) is 0 Å². The first-order valence-electron chi connectivity index (χ1n) is 24.8. The molecular weight excluding hydrogens is 827 g/mol. The van der Waals surface area contributed by atoms with Crippen LogP contribution in [0.15, 0.2) is 36.5 Å². The monoisotopic (exact) mass is 917 g/mol. The predicted octanol–water partition coefficient (Wildman–Crippen LogP) is 10.2. The molecule has 0 heterocycles. The Hall–Kier alpha value is -1.93. The summed E-state index contributed by atoms with van der Waals surface area (Å²) in [5.74, 6) is -1.14. The largest absolute Gasteiger partial charge is 0.472 e. The zero-order valence-electron chi connectivity index (χ0n) is 39.1. The topological polar surface area (TPSA) is 210 Å². The zero-order valence-corrected chi connectivity index (χ0v) is 40.0. The molecule has 0 radical (unpaired) electrons. The number of hydrogen-bond acceptors (Lipinski definition) is 12. The van der Waals surface area contributed by atoms with Gasteiger partial charge in [0.2, 0.25) is 0 Å². The van der Waals surface area contributed by atoms with Crippen molar-refractivity contribution in [3.05, 3.63) is 36.5 Å². The number of aliphatic hydroxyl groups excluding tert-OH is 5. The van der Waals surface area contributed by atoms with Crippen molar-refractivity contribution in [3.63, 3.8) is 0 Å². The van der Waals surface area contributed by atoms with Crippen LogP contribution in [0, 0.1) is 0 Å². The Morgan fingerprint density at radius 2 is 0.857 bits per heavy atom. The van der Waals surface area contributed by atoms with Crippen molar-refractivity contribution >= 4 is 19.8 Å². The van der Waals surface area contributed by atoms with Gasteiger partial charge >= 0.3 is 19.8 Å². The van der Waals surface area contributed by atoms with Gasteiger partial charge in [0.1, 0.15) is 43.2 Å². The Morgan fingerprint density at radius 1 is 0.492 bits per heavy atom. The summed E-state index contributed by atoms with van der Waals surface area (Å²) >= 11 is 0. The zero-order chi connectivity index (χ0) is 46.4. The molecule has 63 heavy (non-hydrogen) atoms. The molecule has 1 aliphatic carbocycles. The van der Waals surface area contributed by atoms with E-state index in [1.165, 1.54) is 109 Å². The van der Waals surface area contributed by atoms with Gasteiger partial charge in [0, 0.05) is 12.8 Å². The van der Waals surface area contributed by atoms with Gasteiger partial charge in [-0.25, -0.2) is 4.57 Å². The van der Waals surface area contributed by atoms with Crippen LogP contribution in [-0.2, 0) is 32.7 Å².